The van der Waals surface area contributed by atoms with Crippen molar-refractivity contribution in [3.05, 3.63) is 53.2 Å². The van der Waals surface area contributed by atoms with E-state index in [1.807, 2.05) is 18.2 Å². The first kappa shape index (κ1) is 21.1. The minimum absolute atomic E-state index is 0.0467. The molecule has 2 aromatic heterocycles. The third-order valence-corrected chi connectivity index (χ3v) is 5.74. The van der Waals surface area contributed by atoms with Crippen molar-refractivity contribution in [2.24, 2.45) is 5.92 Å². The summed E-state index contributed by atoms with van der Waals surface area (Å²) in [5, 5.41) is 13.7. The highest BCUT2D eigenvalue weighted by Gasteiger charge is 2.26. The summed E-state index contributed by atoms with van der Waals surface area (Å²) in [5.74, 6) is 0.911. The number of fused-ring (bicyclic) bond motifs is 1. The average Bonchev–Trinajstić information content (AvgIpc) is 3.42. The number of carbonyl (C=O) groups is 2. The quantitative estimate of drug-likeness (QED) is 0.360. The lowest BCUT2D eigenvalue weighted by atomic mass is 9.97. The molecule has 1 saturated heterocycles. The lowest BCUT2D eigenvalue weighted by molar-refractivity contribution is -0.124. The highest BCUT2D eigenvalue weighted by atomic mass is 16.2. The molecule has 1 aromatic carbocycles. The Labute approximate surface area is 191 Å². The number of imide groups is 1. The van der Waals surface area contributed by atoms with Gasteiger partial charge in [-0.1, -0.05) is 44.2 Å². The van der Waals surface area contributed by atoms with Crippen LogP contribution in [0.1, 0.15) is 56.7 Å². The van der Waals surface area contributed by atoms with Gasteiger partial charge >= 0.3 is 0 Å². The Morgan fingerprint density at radius 3 is 2.64 bits per heavy atom. The molecule has 0 radical (unpaired) electrons. The number of benzene rings is 1. The summed E-state index contributed by atoms with van der Waals surface area (Å²) in [6, 6.07) is 10.7. The number of hydrogen-bond donors (Lipinski definition) is 3. The molecule has 33 heavy (non-hydrogen) atoms. The summed E-state index contributed by atoms with van der Waals surface area (Å²) in [6.07, 6.45) is 6.50. The fourth-order valence-corrected chi connectivity index (χ4v) is 3.96. The van der Waals surface area contributed by atoms with Gasteiger partial charge in [-0.25, -0.2) is 0 Å². The molecule has 3 aromatic rings. The van der Waals surface area contributed by atoms with Crippen molar-refractivity contribution >= 4 is 35.4 Å². The summed E-state index contributed by atoms with van der Waals surface area (Å²) in [4.78, 5) is 33.2. The van der Waals surface area contributed by atoms with E-state index in [2.05, 4.69) is 47.0 Å². The van der Waals surface area contributed by atoms with Crippen LogP contribution in [-0.2, 0) is 9.59 Å². The monoisotopic (exact) mass is 445 g/mol. The number of nitrogens with zero attached hydrogens (tertiary/aromatic N) is 4. The van der Waals surface area contributed by atoms with Crippen LogP contribution in [0.25, 0.3) is 11.7 Å². The standard InChI is InChI=1S/C24H27N7O2/c1-14(2)10-19(15-6-4-3-5-7-15)27-23-29-21-17(11-16-12-20(32)28-22(16)33)13-25-31(21)24(30-23)26-18-8-9-18/h3-7,11,13-14,18-19H,8-10,12H2,1-2H3,(H,28,32,33)(H2,26,27,29,30)/b16-11+. The second kappa shape index (κ2) is 8.65. The van der Waals surface area contributed by atoms with Crippen molar-refractivity contribution in [3.63, 3.8) is 0 Å². The van der Waals surface area contributed by atoms with Crippen molar-refractivity contribution in [2.75, 3.05) is 10.6 Å². The van der Waals surface area contributed by atoms with Gasteiger partial charge in [-0.2, -0.15) is 19.6 Å². The fraction of sp³-hybridized carbons (Fsp3) is 0.375. The highest BCUT2D eigenvalue weighted by Crippen LogP contribution is 2.29. The number of hydrogen-bond acceptors (Lipinski definition) is 7. The number of nitrogens with one attached hydrogen (secondary N) is 3. The van der Waals surface area contributed by atoms with Gasteiger partial charge in [-0.05, 0) is 36.8 Å². The van der Waals surface area contributed by atoms with E-state index in [-0.39, 0.29) is 24.3 Å². The van der Waals surface area contributed by atoms with E-state index < -0.39 is 0 Å². The van der Waals surface area contributed by atoms with Crippen LogP contribution >= 0.6 is 0 Å². The topological polar surface area (TPSA) is 113 Å². The molecular weight excluding hydrogens is 418 g/mol. The van der Waals surface area contributed by atoms with Crippen LogP contribution in [0.3, 0.4) is 0 Å². The van der Waals surface area contributed by atoms with Crippen molar-refractivity contribution in [1.82, 2.24) is 24.9 Å². The predicted molar refractivity (Wildman–Crippen MR) is 125 cm³/mol. The van der Waals surface area contributed by atoms with Crippen molar-refractivity contribution < 1.29 is 9.59 Å². The third kappa shape index (κ3) is 4.72. The Morgan fingerprint density at radius 1 is 1.18 bits per heavy atom. The molecule has 0 spiro atoms. The first-order valence-corrected chi connectivity index (χ1v) is 11.3. The number of amides is 2. The maximum absolute atomic E-state index is 12.1. The van der Waals surface area contributed by atoms with Gasteiger partial charge in [0.25, 0.3) is 5.91 Å². The van der Waals surface area contributed by atoms with Crippen molar-refractivity contribution in [3.8, 4) is 0 Å². The van der Waals surface area contributed by atoms with E-state index in [0.717, 1.165) is 19.3 Å². The summed E-state index contributed by atoms with van der Waals surface area (Å²) >= 11 is 0. The molecule has 1 unspecified atom stereocenters. The number of rotatable bonds is 8. The summed E-state index contributed by atoms with van der Waals surface area (Å²) in [6.45, 7) is 4.38. The second-order valence-corrected chi connectivity index (χ2v) is 9.09. The van der Waals surface area contributed by atoms with Gasteiger partial charge in [-0.3, -0.25) is 14.9 Å². The zero-order valence-electron chi connectivity index (χ0n) is 18.7. The van der Waals surface area contributed by atoms with Gasteiger partial charge in [0.2, 0.25) is 17.8 Å². The Bertz CT molecular complexity index is 1230. The Balaban J connectivity index is 1.54. The van der Waals surface area contributed by atoms with E-state index in [4.69, 9.17) is 9.97 Å². The minimum atomic E-state index is -0.371. The van der Waals surface area contributed by atoms with Gasteiger partial charge in [0.05, 0.1) is 18.7 Å². The number of anilines is 2. The number of carbonyl (C=O) groups excluding carboxylic acids is 2. The molecular formula is C24H27N7O2. The Hall–Kier alpha value is -3.75. The molecule has 1 atom stereocenters. The second-order valence-electron chi connectivity index (χ2n) is 9.09. The summed E-state index contributed by atoms with van der Waals surface area (Å²) < 4.78 is 1.66. The maximum Gasteiger partial charge on any atom is 0.254 e. The minimum Gasteiger partial charge on any atom is -0.351 e. The Kier molecular flexibility index (Phi) is 5.53. The molecule has 0 bridgehead atoms. The van der Waals surface area contributed by atoms with Crippen molar-refractivity contribution in [1.29, 1.82) is 0 Å². The normalized spacial score (nSPS) is 18.2. The fourth-order valence-electron chi connectivity index (χ4n) is 3.96. The van der Waals surface area contributed by atoms with Crippen LogP contribution < -0.4 is 16.0 Å². The molecule has 1 aliphatic heterocycles. The maximum atomic E-state index is 12.1. The van der Waals surface area contributed by atoms with E-state index in [0.29, 0.717) is 40.6 Å². The predicted octanol–water partition coefficient (Wildman–Crippen LogP) is 3.33. The zero-order chi connectivity index (χ0) is 22.9. The molecule has 3 heterocycles. The first-order chi connectivity index (χ1) is 16.0. The van der Waals surface area contributed by atoms with Crippen LogP contribution in [0.15, 0.2) is 42.1 Å². The molecule has 2 fully saturated rings. The van der Waals surface area contributed by atoms with E-state index in [9.17, 15) is 9.59 Å². The SMILES string of the molecule is CC(C)CC(Nc1nc(NC2CC2)n2ncc(/C=C3\CC(=O)NC3=O)c2n1)c1ccccc1. The molecule has 3 N–H and O–H groups in total. The zero-order valence-corrected chi connectivity index (χ0v) is 18.7. The lowest BCUT2D eigenvalue weighted by Crippen LogP contribution is -2.19. The molecule has 2 amide bonds. The molecule has 5 rings (SSSR count). The van der Waals surface area contributed by atoms with Crippen LogP contribution in [0.5, 0.6) is 0 Å². The van der Waals surface area contributed by atoms with Crippen LogP contribution in [0.2, 0.25) is 0 Å². The lowest BCUT2D eigenvalue weighted by Gasteiger charge is -2.21. The number of aromatic nitrogens is 4. The van der Waals surface area contributed by atoms with Crippen LogP contribution in [0, 0.1) is 5.92 Å². The molecule has 1 saturated carbocycles. The average molecular weight is 446 g/mol. The van der Waals surface area contributed by atoms with Gasteiger partial charge in [-0.15, -0.1) is 0 Å². The first-order valence-electron chi connectivity index (χ1n) is 11.3. The third-order valence-electron chi connectivity index (χ3n) is 5.74. The Morgan fingerprint density at radius 2 is 1.97 bits per heavy atom. The van der Waals surface area contributed by atoms with Gasteiger partial charge in [0.1, 0.15) is 0 Å². The summed E-state index contributed by atoms with van der Waals surface area (Å²) in [7, 11) is 0. The van der Waals surface area contributed by atoms with Gasteiger partial charge < -0.3 is 10.6 Å². The van der Waals surface area contributed by atoms with Crippen LogP contribution in [-0.4, -0.2) is 37.4 Å². The molecule has 170 valence electrons. The molecule has 1 aliphatic carbocycles. The molecule has 9 heteroatoms. The van der Waals surface area contributed by atoms with Crippen molar-refractivity contribution in [2.45, 2.75) is 51.6 Å². The van der Waals surface area contributed by atoms with E-state index in [1.54, 1.807) is 16.8 Å². The van der Waals surface area contributed by atoms with E-state index in [1.165, 1.54) is 5.56 Å². The smallest absolute Gasteiger partial charge is 0.254 e. The van der Waals surface area contributed by atoms with E-state index >= 15 is 0 Å². The van der Waals surface area contributed by atoms with Crippen LogP contribution in [0.4, 0.5) is 11.9 Å². The van der Waals surface area contributed by atoms with Gasteiger partial charge in [0.15, 0.2) is 5.65 Å². The highest BCUT2D eigenvalue weighted by molar-refractivity contribution is 6.15. The molecule has 9 nitrogen and oxygen atoms in total. The largest absolute Gasteiger partial charge is 0.351 e. The van der Waals surface area contributed by atoms with Gasteiger partial charge in [0, 0.05) is 17.2 Å². The molecule has 2 aliphatic rings. The summed E-state index contributed by atoms with van der Waals surface area (Å²) in [5.41, 5.74) is 2.82.